The van der Waals surface area contributed by atoms with E-state index in [0.29, 0.717) is 5.92 Å². The van der Waals surface area contributed by atoms with Crippen LogP contribution in [0.15, 0.2) is 120 Å². The van der Waals surface area contributed by atoms with E-state index in [1.165, 1.54) is 44.5 Å². The van der Waals surface area contributed by atoms with E-state index < -0.39 is 0 Å². The van der Waals surface area contributed by atoms with Gasteiger partial charge in [0, 0.05) is 22.8 Å². The first-order valence-corrected chi connectivity index (χ1v) is 14.5. The Morgan fingerprint density at radius 2 is 1.34 bits per heavy atom. The van der Waals surface area contributed by atoms with Crippen LogP contribution in [-0.2, 0) is 6.42 Å². The molecule has 1 aromatic heterocycles. The van der Waals surface area contributed by atoms with Gasteiger partial charge in [0.25, 0.3) is 0 Å². The van der Waals surface area contributed by atoms with Crippen LogP contribution >= 0.6 is 0 Å². The SMILES string of the molecule is CCc1c(-c2ccccc2-c2cccc(C(CC(C)C)/C(C)=N/N=N)c2)[nH]c(-c2ccccc2)c1-c1ccccc1. The molecule has 1 unspecified atom stereocenters. The van der Waals surface area contributed by atoms with E-state index in [1.807, 2.05) is 6.92 Å². The minimum Gasteiger partial charge on any atom is -0.354 e. The summed E-state index contributed by atoms with van der Waals surface area (Å²) in [6, 6.07) is 38.8. The maximum atomic E-state index is 7.29. The Balaban J connectivity index is 1.70. The third-order valence-corrected chi connectivity index (χ3v) is 7.80. The van der Waals surface area contributed by atoms with E-state index in [9.17, 15) is 0 Å². The summed E-state index contributed by atoms with van der Waals surface area (Å²) in [5.41, 5.74) is 20.2. The summed E-state index contributed by atoms with van der Waals surface area (Å²) in [7, 11) is 0. The van der Waals surface area contributed by atoms with Crippen molar-refractivity contribution in [2.75, 3.05) is 0 Å². The molecule has 0 spiro atoms. The molecule has 4 aromatic carbocycles. The van der Waals surface area contributed by atoms with Crippen LogP contribution in [0.1, 0.15) is 51.2 Å². The molecule has 0 amide bonds. The molecular weight excluding hydrogens is 500 g/mol. The third kappa shape index (κ3) is 5.97. The lowest BCUT2D eigenvalue weighted by Gasteiger charge is -2.20. The topological polar surface area (TPSA) is 64.4 Å². The first-order valence-electron chi connectivity index (χ1n) is 14.5. The Morgan fingerprint density at radius 3 is 1.98 bits per heavy atom. The largest absolute Gasteiger partial charge is 0.354 e. The minimum atomic E-state index is 0.113. The second-order valence-electron chi connectivity index (χ2n) is 11.0. The lowest BCUT2D eigenvalue weighted by Crippen LogP contribution is -2.12. The van der Waals surface area contributed by atoms with Crippen molar-refractivity contribution in [2.45, 2.75) is 46.5 Å². The van der Waals surface area contributed by atoms with Crippen molar-refractivity contribution < 1.29 is 0 Å². The highest BCUT2D eigenvalue weighted by molar-refractivity contribution is 5.94. The summed E-state index contributed by atoms with van der Waals surface area (Å²) in [6.07, 6.45) is 1.85. The van der Waals surface area contributed by atoms with Crippen LogP contribution < -0.4 is 0 Å². The molecule has 0 bridgehead atoms. The fraction of sp³-hybridized carbons (Fsp3) is 0.216. The number of aromatic amines is 1. The average Bonchev–Trinajstić information content (AvgIpc) is 3.40. The molecule has 0 aliphatic heterocycles. The van der Waals surface area contributed by atoms with Gasteiger partial charge in [-0.25, -0.2) is 0 Å². The van der Waals surface area contributed by atoms with Crippen molar-refractivity contribution in [1.82, 2.24) is 4.98 Å². The quantitative estimate of drug-likeness (QED) is 0.101. The van der Waals surface area contributed by atoms with E-state index in [2.05, 4.69) is 145 Å². The highest BCUT2D eigenvalue weighted by Crippen LogP contribution is 2.43. The van der Waals surface area contributed by atoms with Gasteiger partial charge in [0.1, 0.15) is 0 Å². The molecule has 4 heteroatoms. The van der Waals surface area contributed by atoms with Crippen molar-refractivity contribution in [3.05, 3.63) is 120 Å². The number of H-pyrrole nitrogens is 1. The van der Waals surface area contributed by atoms with Gasteiger partial charge in [-0.05, 0) is 59.1 Å². The molecule has 0 aliphatic rings. The Kier molecular flexibility index (Phi) is 8.69. The lowest BCUT2D eigenvalue weighted by atomic mass is 9.85. The summed E-state index contributed by atoms with van der Waals surface area (Å²) < 4.78 is 0. The molecule has 0 saturated carbocycles. The van der Waals surface area contributed by atoms with Gasteiger partial charge in [0.2, 0.25) is 0 Å². The van der Waals surface area contributed by atoms with Gasteiger partial charge in [-0.2, -0.15) is 5.53 Å². The van der Waals surface area contributed by atoms with Gasteiger partial charge in [-0.3, -0.25) is 0 Å². The number of nitrogens with one attached hydrogen (secondary N) is 2. The number of benzene rings is 4. The van der Waals surface area contributed by atoms with Gasteiger partial charge >= 0.3 is 0 Å². The van der Waals surface area contributed by atoms with Gasteiger partial charge < -0.3 is 4.98 Å². The van der Waals surface area contributed by atoms with Crippen LogP contribution in [0.4, 0.5) is 0 Å². The maximum absolute atomic E-state index is 7.29. The first kappa shape index (κ1) is 28.0. The number of rotatable bonds is 10. The maximum Gasteiger partial charge on any atom is 0.0541 e. The highest BCUT2D eigenvalue weighted by atomic mass is 15.3. The Labute approximate surface area is 243 Å². The number of hydrogen-bond donors (Lipinski definition) is 2. The molecule has 1 atom stereocenters. The summed E-state index contributed by atoms with van der Waals surface area (Å²) in [5, 5.41) is 7.46. The predicted octanol–water partition coefficient (Wildman–Crippen LogP) is 10.8. The van der Waals surface area contributed by atoms with Crippen LogP contribution in [0.3, 0.4) is 0 Å². The van der Waals surface area contributed by atoms with Crippen LogP contribution in [0.2, 0.25) is 0 Å². The van der Waals surface area contributed by atoms with E-state index in [1.54, 1.807) is 0 Å². The van der Waals surface area contributed by atoms with Crippen LogP contribution in [-0.4, -0.2) is 10.7 Å². The molecule has 5 aromatic rings. The first-order chi connectivity index (χ1) is 20.0. The number of aromatic nitrogens is 1. The minimum absolute atomic E-state index is 0.113. The molecule has 1 heterocycles. The monoisotopic (exact) mass is 538 g/mol. The zero-order valence-corrected chi connectivity index (χ0v) is 24.4. The van der Waals surface area contributed by atoms with Gasteiger partial charge in [0.15, 0.2) is 0 Å². The molecule has 0 saturated heterocycles. The standard InChI is InChI=1S/C37H38N4/c1-5-31-35(27-15-8-6-9-16-27)36(28-17-10-7-11-18-28)39-37(31)33-22-13-12-21-32(33)29-19-14-20-30(24-29)34(23-25(2)3)26(4)40-41-38/h6-22,24-25,34,38-39H,5,23H2,1-4H3/b40-26+,41-38?. The van der Waals surface area contributed by atoms with Crippen molar-refractivity contribution >= 4 is 5.71 Å². The van der Waals surface area contributed by atoms with Gasteiger partial charge in [-0.1, -0.05) is 135 Å². The van der Waals surface area contributed by atoms with E-state index in [0.717, 1.165) is 29.9 Å². The van der Waals surface area contributed by atoms with Crippen molar-refractivity contribution in [1.29, 1.82) is 5.53 Å². The van der Waals surface area contributed by atoms with E-state index in [4.69, 9.17) is 5.53 Å². The molecular formula is C37H38N4. The Morgan fingerprint density at radius 1 is 0.732 bits per heavy atom. The van der Waals surface area contributed by atoms with E-state index in [-0.39, 0.29) is 5.92 Å². The zero-order valence-electron chi connectivity index (χ0n) is 24.4. The zero-order chi connectivity index (χ0) is 28.8. The van der Waals surface area contributed by atoms with E-state index >= 15 is 0 Å². The smallest absolute Gasteiger partial charge is 0.0541 e. The predicted molar refractivity (Wildman–Crippen MR) is 172 cm³/mol. The molecule has 0 fully saturated rings. The van der Waals surface area contributed by atoms with Gasteiger partial charge in [-0.15, -0.1) is 5.10 Å². The van der Waals surface area contributed by atoms with Crippen molar-refractivity contribution in [2.24, 2.45) is 16.2 Å². The normalized spacial score (nSPS) is 12.5. The van der Waals surface area contributed by atoms with Crippen LogP contribution in [0, 0.1) is 11.4 Å². The summed E-state index contributed by atoms with van der Waals surface area (Å²) in [4.78, 5) is 3.89. The molecule has 4 nitrogen and oxygen atoms in total. The fourth-order valence-electron chi connectivity index (χ4n) is 5.91. The summed E-state index contributed by atoms with van der Waals surface area (Å²) in [5.74, 6) is 0.605. The van der Waals surface area contributed by atoms with Crippen molar-refractivity contribution in [3.63, 3.8) is 0 Å². The molecule has 0 radical (unpaired) electrons. The summed E-state index contributed by atoms with van der Waals surface area (Å²) in [6.45, 7) is 8.67. The number of hydrogen-bond acceptors (Lipinski definition) is 2. The second-order valence-corrected chi connectivity index (χ2v) is 11.0. The number of nitrogens with zero attached hydrogens (tertiary/aromatic N) is 2. The molecule has 0 aliphatic carbocycles. The average molecular weight is 539 g/mol. The Hall–Kier alpha value is -4.57. The fourth-order valence-corrected chi connectivity index (χ4v) is 5.91. The van der Waals surface area contributed by atoms with Crippen LogP contribution in [0.25, 0.3) is 44.8 Å². The molecule has 206 valence electrons. The van der Waals surface area contributed by atoms with Crippen LogP contribution in [0.5, 0.6) is 0 Å². The van der Waals surface area contributed by atoms with Crippen molar-refractivity contribution in [3.8, 4) is 44.8 Å². The second kappa shape index (κ2) is 12.7. The Bertz CT molecular complexity index is 1650. The third-order valence-electron chi connectivity index (χ3n) is 7.80. The highest BCUT2D eigenvalue weighted by Gasteiger charge is 2.23. The molecule has 41 heavy (non-hydrogen) atoms. The molecule has 5 rings (SSSR count). The summed E-state index contributed by atoms with van der Waals surface area (Å²) >= 11 is 0. The lowest BCUT2D eigenvalue weighted by molar-refractivity contribution is 0.562. The molecule has 2 N–H and O–H groups in total. The van der Waals surface area contributed by atoms with Gasteiger partial charge in [0.05, 0.1) is 11.4 Å².